The molecule has 0 atom stereocenters. The summed E-state index contributed by atoms with van der Waals surface area (Å²) >= 11 is 0. The monoisotopic (exact) mass is 630 g/mol. The molecule has 0 saturated heterocycles. The zero-order chi connectivity index (χ0) is 33.0. The number of hydrogen-bond donors (Lipinski definition) is 1. The molecular weight excluding hydrogens is 595 g/mol. The second kappa shape index (κ2) is 13.3. The van der Waals surface area contributed by atoms with E-state index in [1.165, 1.54) is 28.1 Å². The smallest absolute Gasteiger partial charge is 0.107 e. The van der Waals surface area contributed by atoms with Gasteiger partial charge < -0.3 is 10.2 Å². The first kappa shape index (κ1) is 29.9. The van der Waals surface area contributed by atoms with Gasteiger partial charge in [-0.3, -0.25) is 4.57 Å². The summed E-state index contributed by atoms with van der Waals surface area (Å²) < 4.78 is 2.42. The minimum absolute atomic E-state index is 1.05. The molecule has 0 saturated carbocycles. The van der Waals surface area contributed by atoms with Crippen molar-refractivity contribution in [1.82, 2.24) is 4.57 Å². The van der Waals surface area contributed by atoms with E-state index in [-0.39, 0.29) is 0 Å². The molecule has 0 aliphatic carbocycles. The van der Waals surface area contributed by atoms with Crippen LogP contribution in [0.25, 0.3) is 27.8 Å². The van der Waals surface area contributed by atoms with E-state index in [1.807, 2.05) is 6.07 Å². The maximum Gasteiger partial charge on any atom is 0.107 e. The van der Waals surface area contributed by atoms with Gasteiger partial charge in [0.2, 0.25) is 0 Å². The van der Waals surface area contributed by atoms with Gasteiger partial charge in [0.1, 0.15) is 5.69 Å². The summed E-state index contributed by atoms with van der Waals surface area (Å²) in [7, 11) is 2.12. The van der Waals surface area contributed by atoms with Gasteiger partial charge in [0.25, 0.3) is 0 Å². The fourth-order valence-electron chi connectivity index (χ4n) is 6.72. The molecule has 234 valence electrons. The van der Waals surface area contributed by atoms with E-state index < -0.39 is 0 Å². The predicted molar refractivity (Wildman–Crippen MR) is 206 cm³/mol. The van der Waals surface area contributed by atoms with E-state index in [0.717, 1.165) is 45.1 Å². The van der Waals surface area contributed by atoms with Crippen molar-refractivity contribution in [1.29, 1.82) is 0 Å². The number of aromatic nitrogens is 1. The average molecular weight is 631 g/mol. The Kier molecular flexibility index (Phi) is 8.15. The van der Waals surface area contributed by atoms with E-state index in [1.54, 1.807) is 0 Å². The van der Waals surface area contributed by atoms with Gasteiger partial charge in [0, 0.05) is 29.7 Å². The van der Waals surface area contributed by atoms with Crippen LogP contribution in [-0.4, -0.2) is 11.6 Å². The van der Waals surface area contributed by atoms with E-state index in [0.29, 0.717) is 0 Å². The minimum Gasteiger partial charge on any atom is -0.355 e. The van der Waals surface area contributed by atoms with Crippen molar-refractivity contribution in [3.8, 4) is 16.9 Å². The van der Waals surface area contributed by atoms with Crippen LogP contribution in [0.2, 0.25) is 0 Å². The lowest BCUT2D eigenvalue weighted by Crippen LogP contribution is -2.10. The van der Waals surface area contributed by atoms with Gasteiger partial charge in [0.05, 0.1) is 44.9 Å². The molecule has 0 bridgehead atoms. The molecule has 0 aliphatic heterocycles. The summed E-state index contributed by atoms with van der Waals surface area (Å²) in [5, 5.41) is 4.76. The van der Waals surface area contributed by atoms with E-state index in [4.69, 9.17) is 0 Å². The molecule has 0 unspecified atom stereocenters. The first-order valence-corrected chi connectivity index (χ1v) is 16.7. The van der Waals surface area contributed by atoms with E-state index in [2.05, 4.69) is 210 Å². The SMILES string of the molecule is CN(c1ccccc1)c1ccc([C+](c2ccc(Nc3ccccc3)cc2)c2c(-c3ccccc3)n(-c3ccccc3)c3ccccc23)cc1. The van der Waals surface area contributed by atoms with Crippen LogP contribution >= 0.6 is 0 Å². The van der Waals surface area contributed by atoms with Gasteiger partial charge in [-0.2, -0.15) is 0 Å². The highest BCUT2D eigenvalue weighted by atomic mass is 15.1. The Morgan fingerprint density at radius 1 is 0.469 bits per heavy atom. The fourth-order valence-corrected chi connectivity index (χ4v) is 6.72. The summed E-state index contributed by atoms with van der Waals surface area (Å²) in [5.74, 6) is 1.19. The fraction of sp³-hybridized carbons (Fsp3) is 0.0217. The van der Waals surface area contributed by atoms with Gasteiger partial charge >= 0.3 is 0 Å². The highest BCUT2D eigenvalue weighted by Gasteiger charge is 2.33. The number of para-hydroxylation sites is 4. The quantitative estimate of drug-likeness (QED) is 0.160. The van der Waals surface area contributed by atoms with Crippen molar-refractivity contribution >= 4 is 33.7 Å². The number of anilines is 4. The number of nitrogens with zero attached hydrogens (tertiary/aromatic N) is 2. The lowest BCUT2D eigenvalue weighted by Gasteiger charge is -2.20. The average Bonchev–Trinajstić information content (AvgIpc) is 3.52. The normalized spacial score (nSPS) is 11.0. The number of benzene rings is 7. The second-order valence-corrected chi connectivity index (χ2v) is 12.2. The van der Waals surface area contributed by atoms with Gasteiger partial charge in [-0.25, -0.2) is 0 Å². The molecule has 49 heavy (non-hydrogen) atoms. The molecule has 8 aromatic rings. The van der Waals surface area contributed by atoms with Gasteiger partial charge in [0.15, 0.2) is 0 Å². The van der Waals surface area contributed by atoms with Crippen molar-refractivity contribution in [2.24, 2.45) is 0 Å². The Labute approximate surface area is 288 Å². The molecule has 1 aromatic heterocycles. The Bertz CT molecular complexity index is 2280. The molecule has 3 nitrogen and oxygen atoms in total. The largest absolute Gasteiger partial charge is 0.355 e. The van der Waals surface area contributed by atoms with Crippen molar-refractivity contribution in [2.45, 2.75) is 0 Å². The van der Waals surface area contributed by atoms with Gasteiger partial charge in [-0.05, 0) is 109 Å². The molecule has 0 amide bonds. The Balaban J connectivity index is 1.34. The van der Waals surface area contributed by atoms with Gasteiger partial charge in [-0.1, -0.05) is 84.9 Å². The summed E-state index contributed by atoms with van der Waals surface area (Å²) in [6.07, 6.45) is 0. The van der Waals surface area contributed by atoms with E-state index >= 15 is 0 Å². The number of nitrogens with one attached hydrogen (secondary N) is 1. The Hall–Kier alpha value is -6.45. The molecular formula is C46H36N3+. The summed E-state index contributed by atoms with van der Waals surface area (Å²) in [4.78, 5) is 2.23. The molecule has 1 N–H and O–H groups in total. The lowest BCUT2D eigenvalue weighted by molar-refractivity contribution is 1.11. The predicted octanol–water partition coefficient (Wildman–Crippen LogP) is 11.8. The van der Waals surface area contributed by atoms with Crippen LogP contribution in [0.4, 0.5) is 22.7 Å². The maximum atomic E-state index is 3.56. The van der Waals surface area contributed by atoms with Crippen LogP contribution < -0.4 is 10.2 Å². The molecule has 0 radical (unpaired) electrons. The Morgan fingerprint density at radius 2 is 0.959 bits per heavy atom. The molecule has 0 spiro atoms. The second-order valence-electron chi connectivity index (χ2n) is 12.2. The molecule has 3 heteroatoms. The number of hydrogen-bond acceptors (Lipinski definition) is 2. The standard InChI is InChI=1S/C46H36N3/c1-48(39-20-10-4-11-21-39)40-32-28-35(29-33-40)44(34-26-30-38(31-27-34)47-37-18-8-3-9-19-37)45-42-24-14-15-25-43(42)49(41-22-12-5-13-23-41)46(45)36-16-6-2-7-17-36/h2-33,47H,1H3/q+1. The van der Waals surface area contributed by atoms with Crippen LogP contribution in [0.3, 0.4) is 0 Å². The summed E-state index contributed by atoms with van der Waals surface area (Å²) in [5.41, 5.74) is 12.5. The Morgan fingerprint density at radius 3 is 1.61 bits per heavy atom. The third-order valence-corrected chi connectivity index (χ3v) is 9.11. The van der Waals surface area contributed by atoms with Crippen molar-refractivity contribution in [3.63, 3.8) is 0 Å². The van der Waals surface area contributed by atoms with Crippen LogP contribution in [0.5, 0.6) is 0 Å². The maximum absolute atomic E-state index is 3.56. The summed E-state index contributed by atoms with van der Waals surface area (Å²) in [6, 6.07) is 68.9. The molecule has 7 aromatic carbocycles. The van der Waals surface area contributed by atoms with Crippen molar-refractivity contribution in [3.05, 3.63) is 217 Å². The highest BCUT2D eigenvalue weighted by Crippen LogP contribution is 2.45. The van der Waals surface area contributed by atoms with Crippen LogP contribution in [0.1, 0.15) is 16.7 Å². The topological polar surface area (TPSA) is 20.2 Å². The van der Waals surface area contributed by atoms with Crippen molar-refractivity contribution < 1.29 is 0 Å². The van der Waals surface area contributed by atoms with Crippen molar-refractivity contribution in [2.75, 3.05) is 17.3 Å². The molecule has 1 heterocycles. The first-order valence-electron chi connectivity index (χ1n) is 16.7. The third kappa shape index (κ3) is 5.95. The van der Waals surface area contributed by atoms with Crippen LogP contribution in [-0.2, 0) is 0 Å². The minimum atomic E-state index is 1.05. The zero-order valence-electron chi connectivity index (χ0n) is 27.4. The number of fused-ring (bicyclic) bond motifs is 1. The highest BCUT2D eigenvalue weighted by molar-refractivity contribution is 5.98. The summed E-state index contributed by atoms with van der Waals surface area (Å²) in [6.45, 7) is 0. The third-order valence-electron chi connectivity index (χ3n) is 9.11. The zero-order valence-corrected chi connectivity index (χ0v) is 27.4. The molecule has 8 rings (SSSR count). The molecule has 0 fully saturated rings. The van der Waals surface area contributed by atoms with Crippen LogP contribution in [0.15, 0.2) is 194 Å². The number of rotatable bonds is 9. The van der Waals surface area contributed by atoms with Crippen LogP contribution in [0, 0.1) is 5.92 Å². The molecule has 0 aliphatic rings. The lowest BCUT2D eigenvalue weighted by atomic mass is 9.82. The van der Waals surface area contributed by atoms with Gasteiger partial charge in [-0.15, -0.1) is 0 Å². The first-order chi connectivity index (χ1) is 24.2. The van der Waals surface area contributed by atoms with E-state index in [9.17, 15) is 0 Å².